The molecule has 1 aliphatic rings. The standard InChI is InChI=1S/C14H28N2O2.ClH/c1-5-18-10-11-6-8-16(9-7-11)13(17)12(15)14(2,3)4;/h11-12H,5-10,15H2,1-4H3;1H/t12-;/m1./s1. The van der Waals surface area contributed by atoms with E-state index in [-0.39, 0.29) is 23.7 Å². The number of ether oxygens (including phenoxy) is 1. The van der Waals surface area contributed by atoms with E-state index in [2.05, 4.69) is 0 Å². The smallest absolute Gasteiger partial charge is 0.240 e. The average molecular weight is 293 g/mol. The van der Waals surface area contributed by atoms with Gasteiger partial charge >= 0.3 is 0 Å². The summed E-state index contributed by atoms with van der Waals surface area (Å²) in [6.45, 7) is 11.3. The van der Waals surface area contributed by atoms with E-state index in [0.717, 1.165) is 39.1 Å². The second-order valence-corrected chi connectivity index (χ2v) is 6.27. The minimum atomic E-state index is -0.402. The van der Waals surface area contributed by atoms with Crippen LogP contribution in [0.4, 0.5) is 0 Å². The Bertz CT molecular complexity index is 271. The Balaban J connectivity index is 0.00000324. The van der Waals surface area contributed by atoms with Crippen LogP contribution in [0.5, 0.6) is 0 Å². The lowest BCUT2D eigenvalue weighted by Gasteiger charge is -2.36. The molecule has 1 aliphatic heterocycles. The summed E-state index contributed by atoms with van der Waals surface area (Å²) in [5, 5.41) is 0. The van der Waals surface area contributed by atoms with Gasteiger partial charge in [-0.1, -0.05) is 20.8 Å². The first-order valence-corrected chi connectivity index (χ1v) is 6.98. The molecule has 1 fully saturated rings. The number of hydrogen-bond acceptors (Lipinski definition) is 3. The van der Waals surface area contributed by atoms with Crippen LogP contribution in [-0.2, 0) is 9.53 Å². The summed E-state index contributed by atoms with van der Waals surface area (Å²) in [6.07, 6.45) is 2.06. The van der Waals surface area contributed by atoms with Gasteiger partial charge in [0.15, 0.2) is 0 Å². The lowest BCUT2D eigenvalue weighted by Crippen LogP contribution is -2.52. The van der Waals surface area contributed by atoms with Crippen LogP contribution in [0.2, 0.25) is 0 Å². The van der Waals surface area contributed by atoms with Gasteiger partial charge in [-0.05, 0) is 31.1 Å². The number of carbonyl (C=O) groups is 1. The molecule has 0 aliphatic carbocycles. The predicted octanol–water partition coefficient (Wildman–Crippen LogP) is 2.06. The summed E-state index contributed by atoms with van der Waals surface area (Å²) in [5.74, 6) is 0.692. The number of halogens is 1. The summed E-state index contributed by atoms with van der Waals surface area (Å²) in [6, 6.07) is -0.402. The first kappa shape index (κ1) is 18.7. The second kappa shape index (κ2) is 8.08. The molecular weight excluding hydrogens is 264 g/mol. The van der Waals surface area contributed by atoms with Crippen molar-refractivity contribution in [3.05, 3.63) is 0 Å². The van der Waals surface area contributed by atoms with Gasteiger partial charge in [0.05, 0.1) is 6.04 Å². The highest BCUT2D eigenvalue weighted by molar-refractivity contribution is 5.85. The largest absolute Gasteiger partial charge is 0.381 e. The van der Waals surface area contributed by atoms with Gasteiger partial charge in [-0.15, -0.1) is 12.4 Å². The van der Waals surface area contributed by atoms with Crippen molar-refractivity contribution in [1.29, 1.82) is 0 Å². The third-order valence-electron chi connectivity index (χ3n) is 3.68. The summed E-state index contributed by atoms with van der Waals surface area (Å²) in [4.78, 5) is 14.2. The van der Waals surface area contributed by atoms with E-state index >= 15 is 0 Å². The SMILES string of the molecule is CCOCC1CCN(C(=O)[C@@H](N)C(C)(C)C)CC1.Cl. The molecule has 19 heavy (non-hydrogen) atoms. The molecule has 1 heterocycles. The van der Waals surface area contributed by atoms with Crippen molar-refractivity contribution in [3.8, 4) is 0 Å². The highest BCUT2D eigenvalue weighted by Crippen LogP contribution is 2.23. The topological polar surface area (TPSA) is 55.6 Å². The third-order valence-corrected chi connectivity index (χ3v) is 3.68. The number of carbonyl (C=O) groups excluding carboxylic acids is 1. The average Bonchev–Trinajstić information content (AvgIpc) is 2.34. The van der Waals surface area contributed by atoms with E-state index in [1.165, 1.54) is 0 Å². The Labute approximate surface area is 123 Å². The normalized spacial score (nSPS) is 18.9. The van der Waals surface area contributed by atoms with Crippen molar-refractivity contribution in [2.24, 2.45) is 17.1 Å². The maximum atomic E-state index is 12.2. The van der Waals surface area contributed by atoms with Crippen molar-refractivity contribution in [1.82, 2.24) is 4.90 Å². The van der Waals surface area contributed by atoms with Crippen LogP contribution in [0, 0.1) is 11.3 Å². The van der Waals surface area contributed by atoms with Gasteiger partial charge in [-0.3, -0.25) is 4.79 Å². The van der Waals surface area contributed by atoms with E-state index < -0.39 is 6.04 Å². The first-order chi connectivity index (χ1) is 8.36. The molecule has 1 atom stereocenters. The Kier molecular flexibility index (Phi) is 7.94. The predicted molar refractivity (Wildman–Crippen MR) is 80.5 cm³/mol. The minimum Gasteiger partial charge on any atom is -0.381 e. The highest BCUT2D eigenvalue weighted by atomic mass is 35.5. The fourth-order valence-electron chi connectivity index (χ4n) is 2.17. The molecule has 0 spiro atoms. The Morgan fingerprint density at radius 1 is 1.37 bits per heavy atom. The zero-order valence-electron chi connectivity index (χ0n) is 12.6. The van der Waals surface area contributed by atoms with Gasteiger partial charge in [0, 0.05) is 26.3 Å². The van der Waals surface area contributed by atoms with Crippen LogP contribution >= 0.6 is 12.4 Å². The van der Waals surface area contributed by atoms with Crippen LogP contribution < -0.4 is 5.73 Å². The van der Waals surface area contributed by atoms with E-state index in [0.29, 0.717) is 5.92 Å². The summed E-state index contributed by atoms with van der Waals surface area (Å²) < 4.78 is 5.44. The quantitative estimate of drug-likeness (QED) is 0.863. The van der Waals surface area contributed by atoms with E-state index in [9.17, 15) is 4.79 Å². The van der Waals surface area contributed by atoms with Gasteiger partial charge in [0.2, 0.25) is 5.91 Å². The van der Waals surface area contributed by atoms with Gasteiger partial charge in [-0.2, -0.15) is 0 Å². The molecule has 114 valence electrons. The molecule has 0 unspecified atom stereocenters. The van der Waals surface area contributed by atoms with Crippen molar-refractivity contribution in [2.45, 2.75) is 46.6 Å². The zero-order valence-corrected chi connectivity index (χ0v) is 13.5. The number of likely N-dealkylation sites (tertiary alicyclic amines) is 1. The number of hydrogen-bond donors (Lipinski definition) is 1. The number of nitrogens with zero attached hydrogens (tertiary/aromatic N) is 1. The summed E-state index contributed by atoms with van der Waals surface area (Å²) in [5.41, 5.74) is 5.86. The molecule has 1 rings (SSSR count). The molecular formula is C14H29ClN2O2. The third kappa shape index (κ3) is 5.67. The minimum absolute atomic E-state index is 0. The fourth-order valence-corrected chi connectivity index (χ4v) is 2.17. The second-order valence-electron chi connectivity index (χ2n) is 6.27. The highest BCUT2D eigenvalue weighted by Gasteiger charge is 2.32. The Hall–Kier alpha value is -0.320. The summed E-state index contributed by atoms with van der Waals surface area (Å²) >= 11 is 0. The molecule has 0 aromatic heterocycles. The van der Waals surface area contributed by atoms with Crippen molar-refractivity contribution in [3.63, 3.8) is 0 Å². The number of nitrogens with two attached hydrogens (primary N) is 1. The summed E-state index contributed by atoms with van der Waals surface area (Å²) in [7, 11) is 0. The van der Waals surface area contributed by atoms with Crippen LogP contribution in [0.25, 0.3) is 0 Å². The van der Waals surface area contributed by atoms with Crippen molar-refractivity contribution < 1.29 is 9.53 Å². The maximum Gasteiger partial charge on any atom is 0.240 e. The molecule has 1 amide bonds. The van der Waals surface area contributed by atoms with Gasteiger partial charge < -0.3 is 15.4 Å². The molecule has 1 saturated heterocycles. The van der Waals surface area contributed by atoms with Crippen molar-refractivity contribution in [2.75, 3.05) is 26.3 Å². The Morgan fingerprint density at radius 2 is 1.89 bits per heavy atom. The molecule has 4 nitrogen and oxygen atoms in total. The number of piperidine rings is 1. The molecule has 0 aromatic rings. The number of rotatable bonds is 4. The van der Waals surface area contributed by atoms with E-state index in [1.54, 1.807) is 0 Å². The first-order valence-electron chi connectivity index (χ1n) is 6.98. The van der Waals surface area contributed by atoms with Crippen LogP contribution in [-0.4, -0.2) is 43.2 Å². The van der Waals surface area contributed by atoms with E-state index in [4.69, 9.17) is 10.5 Å². The van der Waals surface area contributed by atoms with Crippen LogP contribution in [0.3, 0.4) is 0 Å². The number of amides is 1. The molecule has 2 N–H and O–H groups in total. The lowest BCUT2D eigenvalue weighted by atomic mass is 9.86. The van der Waals surface area contributed by atoms with Gasteiger partial charge in [0.1, 0.15) is 0 Å². The molecule has 0 saturated carbocycles. The monoisotopic (exact) mass is 292 g/mol. The fraction of sp³-hybridized carbons (Fsp3) is 0.929. The Morgan fingerprint density at radius 3 is 2.32 bits per heavy atom. The van der Waals surface area contributed by atoms with Gasteiger partial charge in [0.25, 0.3) is 0 Å². The van der Waals surface area contributed by atoms with Crippen molar-refractivity contribution >= 4 is 18.3 Å². The zero-order chi connectivity index (χ0) is 13.8. The molecule has 0 aromatic carbocycles. The maximum absolute atomic E-state index is 12.2. The molecule has 0 radical (unpaired) electrons. The lowest BCUT2D eigenvalue weighted by molar-refractivity contribution is -0.136. The van der Waals surface area contributed by atoms with E-state index in [1.807, 2.05) is 32.6 Å². The van der Waals surface area contributed by atoms with Gasteiger partial charge in [-0.25, -0.2) is 0 Å². The van der Waals surface area contributed by atoms with Crippen LogP contribution in [0.15, 0.2) is 0 Å². The van der Waals surface area contributed by atoms with Crippen LogP contribution in [0.1, 0.15) is 40.5 Å². The molecule has 0 bridgehead atoms. The molecule has 5 heteroatoms.